The molecule has 1 saturated carbocycles. The molecule has 0 aromatic rings. The lowest BCUT2D eigenvalue weighted by atomic mass is 9.76. The van der Waals surface area contributed by atoms with E-state index in [4.69, 9.17) is 0 Å². The number of carboxylic acid groups (broad SMARTS) is 1. The highest BCUT2D eigenvalue weighted by molar-refractivity contribution is 8.00. The van der Waals surface area contributed by atoms with E-state index < -0.39 is 11.4 Å². The fourth-order valence-corrected chi connectivity index (χ4v) is 3.12. The lowest BCUT2D eigenvalue weighted by Crippen LogP contribution is -2.36. The van der Waals surface area contributed by atoms with Gasteiger partial charge in [0.15, 0.2) is 0 Å². The number of carboxylic acids is 1. The molecule has 88 valence electrons. The van der Waals surface area contributed by atoms with Gasteiger partial charge >= 0.3 is 5.97 Å². The summed E-state index contributed by atoms with van der Waals surface area (Å²) in [5.41, 5.74) is -0.434. The highest BCUT2D eigenvalue weighted by Crippen LogP contribution is 2.41. The predicted octanol–water partition coefficient (Wildman–Crippen LogP) is 3.55. The van der Waals surface area contributed by atoms with Crippen LogP contribution in [-0.2, 0) is 4.79 Å². The van der Waals surface area contributed by atoms with E-state index >= 15 is 0 Å². The van der Waals surface area contributed by atoms with Gasteiger partial charge in [-0.05, 0) is 12.8 Å². The van der Waals surface area contributed by atoms with Gasteiger partial charge in [0, 0.05) is 10.5 Å². The third kappa shape index (κ3) is 3.71. The summed E-state index contributed by atoms with van der Waals surface area (Å²) in [6, 6.07) is 0. The zero-order valence-corrected chi connectivity index (χ0v) is 10.8. The average Bonchev–Trinajstić information content (AvgIpc) is 2.15. The second-order valence-electron chi connectivity index (χ2n) is 5.55. The molecule has 1 fully saturated rings. The van der Waals surface area contributed by atoms with Crippen LogP contribution >= 0.6 is 11.8 Å². The average molecular weight is 230 g/mol. The van der Waals surface area contributed by atoms with Crippen molar-refractivity contribution < 1.29 is 9.90 Å². The Balaban J connectivity index is 2.61. The lowest BCUT2D eigenvalue weighted by molar-refractivity contribution is -0.149. The van der Waals surface area contributed by atoms with Crippen LogP contribution in [0.15, 0.2) is 0 Å². The summed E-state index contributed by atoms with van der Waals surface area (Å²) in [5, 5.41) is 9.37. The first kappa shape index (κ1) is 12.9. The molecule has 0 unspecified atom stereocenters. The van der Waals surface area contributed by atoms with Crippen molar-refractivity contribution in [2.75, 3.05) is 5.75 Å². The summed E-state index contributed by atoms with van der Waals surface area (Å²) in [5.74, 6) is 0.185. The van der Waals surface area contributed by atoms with E-state index in [0.29, 0.717) is 0 Å². The summed E-state index contributed by atoms with van der Waals surface area (Å²) in [6.45, 7) is 6.45. The van der Waals surface area contributed by atoms with Gasteiger partial charge in [0.1, 0.15) is 0 Å². The number of rotatable bonds is 3. The summed E-state index contributed by atoms with van der Waals surface area (Å²) >= 11 is 1.79. The van der Waals surface area contributed by atoms with E-state index in [9.17, 15) is 9.90 Å². The van der Waals surface area contributed by atoms with E-state index in [1.165, 1.54) is 6.42 Å². The largest absolute Gasteiger partial charge is 0.481 e. The molecule has 0 aromatic carbocycles. The number of hydrogen-bond acceptors (Lipinski definition) is 2. The second kappa shape index (κ2) is 4.77. The van der Waals surface area contributed by atoms with Crippen molar-refractivity contribution in [3.63, 3.8) is 0 Å². The Kier molecular flexibility index (Phi) is 4.10. The lowest BCUT2D eigenvalue weighted by Gasteiger charge is -2.34. The van der Waals surface area contributed by atoms with Gasteiger partial charge in [0.2, 0.25) is 0 Å². The number of aliphatic carboxylic acids is 1. The topological polar surface area (TPSA) is 37.3 Å². The van der Waals surface area contributed by atoms with Crippen molar-refractivity contribution >= 4 is 17.7 Å². The van der Waals surface area contributed by atoms with E-state index in [-0.39, 0.29) is 4.75 Å². The molecule has 1 aliphatic rings. The molecule has 1 rings (SSSR count). The van der Waals surface area contributed by atoms with Crippen molar-refractivity contribution in [2.24, 2.45) is 5.41 Å². The second-order valence-corrected chi connectivity index (χ2v) is 7.35. The number of carbonyl (C=O) groups is 1. The molecule has 3 heteroatoms. The third-order valence-corrected chi connectivity index (χ3v) is 4.61. The third-order valence-electron chi connectivity index (χ3n) is 3.05. The maximum Gasteiger partial charge on any atom is 0.310 e. The molecule has 0 saturated heterocycles. The van der Waals surface area contributed by atoms with E-state index in [1.54, 1.807) is 11.8 Å². The fourth-order valence-electron chi connectivity index (χ4n) is 2.00. The molecule has 0 radical (unpaired) electrons. The van der Waals surface area contributed by atoms with Gasteiger partial charge in [-0.3, -0.25) is 4.79 Å². The smallest absolute Gasteiger partial charge is 0.310 e. The van der Waals surface area contributed by atoms with Crippen LogP contribution in [0.4, 0.5) is 0 Å². The Labute approximate surface area is 96.8 Å². The van der Waals surface area contributed by atoms with E-state index in [0.717, 1.165) is 31.4 Å². The molecule has 1 aliphatic carbocycles. The monoisotopic (exact) mass is 230 g/mol. The standard InChI is InChI=1S/C12H22O2S/c1-11(2,3)15-9-12(10(13)14)7-5-4-6-8-12/h4-9H2,1-3H3,(H,13,14). The maximum absolute atomic E-state index is 11.4. The van der Waals surface area contributed by atoms with E-state index in [2.05, 4.69) is 20.8 Å². The molecular formula is C12H22O2S. The first-order valence-electron chi connectivity index (χ1n) is 5.73. The minimum atomic E-state index is -0.584. The van der Waals surface area contributed by atoms with Crippen molar-refractivity contribution in [3.8, 4) is 0 Å². The molecule has 0 bridgehead atoms. The molecule has 2 nitrogen and oxygen atoms in total. The summed E-state index contributed by atoms with van der Waals surface area (Å²) in [4.78, 5) is 11.4. The van der Waals surface area contributed by atoms with Crippen LogP contribution in [0.25, 0.3) is 0 Å². The molecule has 0 aromatic heterocycles. The molecule has 0 aliphatic heterocycles. The van der Waals surface area contributed by atoms with Crippen molar-refractivity contribution in [2.45, 2.75) is 57.6 Å². The zero-order chi connectivity index (χ0) is 11.5. The van der Waals surface area contributed by atoms with Gasteiger partial charge in [-0.2, -0.15) is 11.8 Å². The van der Waals surface area contributed by atoms with Crippen LogP contribution in [-0.4, -0.2) is 21.6 Å². The Morgan fingerprint density at radius 3 is 2.20 bits per heavy atom. The minimum Gasteiger partial charge on any atom is -0.481 e. The van der Waals surface area contributed by atoms with Gasteiger partial charge in [0.25, 0.3) is 0 Å². The van der Waals surface area contributed by atoms with Crippen molar-refractivity contribution in [1.82, 2.24) is 0 Å². The number of thioether (sulfide) groups is 1. The predicted molar refractivity (Wildman–Crippen MR) is 65.4 cm³/mol. The van der Waals surface area contributed by atoms with Crippen molar-refractivity contribution in [3.05, 3.63) is 0 Å². The van der Waals surface area contributed by atoms with Crippen LogP contribution in [0.2, 0.25) is 0 Å². The zero-order valence-electron chi connectivity index (χ0n) is 10.0. The first-order valence-corrected chi connectivity index (χ1v) is 6.72. The highest BCUT2D eigenvalue weighted by Gasteiger charge is 2.40. The van der Waals surface area contributed by atoms with Gasteiger partial charge in [0.05, 0.1) is 5.41 Å². The summed E-state index contributed by atoms with van der Waals surface area (Å²) in [7, 11) is 0. The Morgan fingerprint density at radius 2 is 1.80 bits per heavy atom. The first-order chi connectivity index (χ1) is 6.86. The van der Waals surface area contributed by atoms with E-state index in [1.807, 2.05) is 0 Å². The van der Waals surface area contributed by atoms with Crippen LogP contribution in [0, 0.1) is 5.41 Å². The Hall–Kier alpha value is -0.180. The Morgan fingerprint density at radius 1 is 1.27 bits per heavy atom. The molecule has 0 amide bonds. The minimum absolute atomic E-state index is 0.167. The van der Waals surface area contributed by atoms with Crippen LogP contribution in [0.3, 0.4) is 0 Å². The van der Waals surface area contributed by atoms with Gasteiger partial charge in [-0.1, -0.05) is 40.0 Å². The van der Waals surface area contributed by atoms with Crippen molar-refractivity contribution in [1.29, 1.82) is 0 Å². The SMILES string of the molecule is CC(C)(C)SCC1(C(=O)O)CCCCC1. The van der Waals surface area contributed by atoms with Crippen LogP contribution in [0.5, 0.6) is 0 Å². The molecule has 1 N–H and O–H groups in total. The summed E-state index contributed by atoms with van der Waals surface area (Å²) < 4.78 is 0.167. The van der Waals surface area contributed by atoms with Crippen LogP contribution in [0.1, 0.15) is 52.9 Å². The molecule has 0 atom stereocenters. The fraction of sp³-hybridized carbons (Fsp3) is 0.917. The van der Waals surface area contributed by atoms with Gasteiger partial charge < -0.3 is 5.11 Å². The van der Waals surface area contributed by atoms with Gasteiger partial charge in [-0.25, -0.2) is 0 Å². The summed E-state index contributed by atoms with van der Waals surface area (Å²) in [6.07, 6.45) is 5.10. The highest BCUT2D eigenvalue weighted by atomic mass is 32.2. The molecule has 0 heterocycles. The van der Waals surface area contributed by atoms with Crippen LogP contribution < -0.4 is 0 Å². The molecule has 15 heavy (non-hydrogen) atoms. The number of hydrogen-bond donors (Lipinski definition) is 1. The quantitative estimate of drug-likeness (QED) is 0.805. The molecular weight excluding hydrogens is 208 g/mol. The van der Waals surface area contributed by atoms with Gasteiger partial charge in [-0.15, -0.1) is 0 Å². The Bertz CT molecular complexity index is 224. The maximum atomic E-state index is 11.4. The normalized spacial score (nSPS) is 21.3. The molecule has 0 spiro atoms.